The second-order valence-corrected chi connectivity index (χ2v) is 6.53. The van der Waals surface area contributed by atoms with Gasteiger partial charge in [-0.15, -0.1) is 0 Å². The van der Waals surface area contributed by atoms with Crippen LogP contribution in [-0.2, 0) is 0 Å². The number of methoxy groups -OCH3 is 1. The highest BCUT2D eigenvalue weighted by molar-refractivity contribution is 5.80. The summed E-state index contributed by atoms with van der Waals surface area (Å²) < 4.78 is 20.3. The second kappa shape index (κ2) is 7.01. The molecule has 9 heteroatoms. The highest BCUT2D eigenvalue weighted by Gasteiger charge is 2.26. The third-order valence-corrected chi connectivity index (χ3v) is 4.84. The van der Waals surface area contributed by atoms with Crippen molar-refractivity contribution in [3.63, 3.8) is 0 Å². The van der Waals surface area contributed by atoms with E-state index in [1.54, 1.807) is 0 Å². The lowest BCUT2D eigenvalue weighted by Gasteiger charge is -2.19. The van der Waals surface area contributed by atoms with E-state index in [0.717, 1.165) is 19.4 Å². The number of nitrogens with zero attached hydrogens (tertiary/aromatic N) is 3. The number of benzene rings is 2. The number of halogens is 1. The van der Waals surface area contributed by atoms with Crippen molar-refractivity contribution in [3.8, 4) is 11.4 Å². The Kier molecular flexibility index (Phi) is 4.52. The number of rotatable bonds is 4. The molecular formula is C19H17FN4O4. The van der Waals surface area contributed by atoms with Crippen LogP contribution in [0.1, 0.15) is 24.7 Å². The Morgan fingerprint density at radius 1 is 1.32 bits per heavy atom. The van der Waals surface area contributed by atoms with E-state index >= 15 is 0 Å². The van der Waals surface area contributed by atoms with Gasteiger partial charge in [0.05, 0.1) is 34.7 Å². The average molecular weight is 384 g/mol. The van der Waals surface area contributed by atoms with Crippen LogP contribution in [0.15, 0.2) is 41.2 Å². The predicted molar refractivity (Wildman–Crippen MR) is 100 cm³/mol. The fourth-order valence-corrected chi connectivity index (χ4v) is 3.51. The Morgan fingerprint density at radius 3 is 2.82 bits per heavy atom. The number of non-ortho nitro benzene ring substituents is 1. The zero-order valence-electron chi connectivity index (χ0n) is 15.0. The quantitative estimate of drug-likeness (QED) is 0.549. The van der Waals surface area contributed by atoms with Crippen LogP contribution in [0.25, 0.3) is 16.6 Å². The molecule has 1 unspecified atom stereocenters. The maximum absolute atomic E-state index is 13.7. The molecule has 1 saturated heterocycles. The van der Waals surface area contributed by atoms with E-state index in [4.69, 9.17) is 4.74 Å². The highest BCUT2D eigenvalue weighted by Crippen LogP contribution is 2.29. The number of nitrogens with one attached hydrogen (secondary N) is 1. The Morgan fingerprint density at radius 2 is 2.14 bits per heavy atom. The smallest absolute Gasteiger partial charge is 0.270 e. The van der Waals surface area contributed by atoms with E-state index < -0.39 is 16.3 Å². The third-order valence-electron chi connectivity index (χ3n) is 4.84. The van der Waals surface area contributed by atoms with Crippen molar-refractivity contribution in [1.29, 1.82) is 0 Å². The molecule has 0 aliphatic carbocycles. The van der Waals surface area contributed by atoms with E-state index in [1.165, 1.54) is 48.1 Å². The molecule has 1 fully saturated rings. The molecule has 0 saturated carbocycles. The lowest BCUT2D eigenvalue weighted by atomic mass is 10.1. The largest absolute Gasteiger partial charge is 0.494 e. The summed E-state index contributed by atoms with van der Waals surface area (Å²) in [6.07, 6.45) is 1.72. The molecule has 1 aliphatic rings. The Bertz CT molecular complexity index is 1140. The summed E-state index contributed by atoms with van der Waals surface area (Å²) in [5.41, 5.74) is 0.0354. The Balaban J connectivity index is 2.06. The first-order valence-corrected chi connectivity index (χ1v) is 8.78. The van der Waals surface area contributed by atoms with Crippen molar-refractivity contribution in [2.24, 2.45) is 0 Å². The van der Waals surface area contributed by atoms with Crippen LogP contribution in [-0.4, -0.2) is 28.1 Å². The number of nitro benzene ring substituents is 1. The molecule has 1 aromatic heterocycles. The molecule has 4 rings (SSSR count). The van der Waals surface area contributed by atoms with Gasteiger partial charge < -0.3 is 10.1 Å². The number of fused-ring (bicyclic) bond motifs is 1. The Hall–Kier alpha value is -3.33. The van der Waals surface area contributed by atoms with Gasteiger partial charge in [-0.2, -0.15) is 0 Å². The van der Waals surface area contributed by atoms with Crippen LogP contribution in [0.2, 0.25) is 0 Å². The molecule has 3 aromatic rings. The summed E-state index contributed by atoms with van der Waals surface area (Å²) in [7, 11) is 1.39. The Labute approximate surface area is 158 Å². The number of aromatic nitrogens is 2. The van der Waals surface area contributed by atoms with Crippen LogP contribution >= 0.6 is 0 Å². The fourth-order valence-electron chi connectivity index (χ4n) is 3.51. The van der Waals surface area contributed by atoms with Gasteiger partial charge in [-0.05, 0) is 37.6 Å². The molecule has 28 heavy (non-hydrogen) atoms. The van der Waals surface area contributed by atoms with Gasteiger partial charge in [-0.3, -0.25) is 19.5 Å². The number of nitro groups is 1. The maximum atomic E-state index is 13.7. The third kappa shape index (κ3) is 2.99. The summed E-state index contributed by atoms with van der Waals surface area (Å²) in [4.78, 5) is 28.5. The second-order valence-electron chi connectivity index (χ2n) is 6.53. The van der Waals surface area contributed by atoms with Crippen molar-refractivity contribution < 1.29 is 14.1 Å². The summed E-state index contributed by atoms with van der Waals surface area (Å²) in [5.74, 6) is 0.139. The predicted octanol–water partition coefficient (Wildman–Crippen LogP) is 2.87. The van der Waals surface area contributed by atoms with Gasteiger partial charge in [0.25, 0.3) is 11.2 Å². The fraction of sp³-hybridized carbons (Fsp3) is 0.263. The minimum Gasteiger partial charge on any atom is -0.494 e. The highest BCUT2D eigenvalue weighted by atomic mass is 19.1. The van der Waals surface area contributed by atoms with Gasteiger partial charge in [-0.1, -0.05) is 0 Å². The van der Waals surface area contributed by atoms with Gasteiger partial charge in [0.15, 0.2) is 0 Å². The van der Waals surface area contributed by atoms with Crippen LogP contribution in [0.3, 0.4) is 0 Å². The maximum Gasteiger partial charge on any atom is 0.270 e. The molecule has 0 spiro atoms. The van der Waals surface area contributed by atoms with Crippen molar-refractivity contribution in [2.75, 3.05) is 13.7 Å². The van der Waals surface area contributed by atoms with Crippen molar-refractivity contribution in [1.82, 2.24) is 14.9 Å². The molecule has 144 valence electrons. The zero-order chi connectivity index (χ0) is 19.8. The van der Waals surface area contributed by atoms with E-state index in [2.05, 4.69) is 10.3 Å². The van der Waals surface area contributed by atoms with E-state index in [-0.39, 0.29) is 22.9 Å². The molecule has 1 aliphatic heterocycles. The van der Waals surface area contributed by atoms with Crippen LogP contribution < -0.4 is 15.6 Å². The molecule has 0 amide bonds. The van der Waals surface area contributed by atoms with Gasteiger partial charge in [0, 0.05) is 18.2 Å². The van der Waals surface area contributed by atoms with Gasteiger partial charge in [-0.25, -0.2) is 9.37 Å². The molecule has 2 heterocycles. The summed E-state index contributed by atoms with van der Waals surface area (Å²) >= 11 is 0. The molecule has 2 aromatic carbocycles. The first-order chi connectivity index (χ1) is 13.5. The number of ether oxygens (including phenoxy) is 1. The van der Waals surface area contributed by atoms with Gasteiger partial charge in [0.2, 0.25) is 0 Å². The number of hydrogen-bond donors (Lipinski definition) is 1. The lowest BCUT2D eigenvalue weighted by molar-refractivity contribution is -0.384. The summed E-state index contributed by atoms with van der Waals surface area (Å²) in [6, 6.07) is 7.70. The average Bonchev–Trinajstić information content (AvgIpc) is 3.22. The molecule has 0 bridgehead atoms. The molecule has 1 atom stereocenters. The summed E-state index contributed by atoms with van der Waals surface area (Å²) in [5, 5.41) is 14.6. The van der Waals surface area contributed by atoms with Crippen LogP contribution in [0, 0.1) is 15.9 Å². The topological polar surface area (TPSA) is 99.3 Å². The van der Waals surface area contributed by atoms with Crippen molar-refractivity contribution in [3.05, 3.63) is 68.5 Å². The van der Waals surface area contributed by atoms with Crippen LogP contribution in [0.4, 0.5) is 10.1 Å². The lowest BCUT2D eigenvalue weighted by Crippen LogP contribution is -2.29. The minimum atomic E-state index is -0.561. The SMILES string of the molecule is COc1cc(F)ccc1-n1c(C2CCCN2)nc2ccc([N+](=O)[O-])cc2c1=O. The molecule has 0 radical (unpaired) electrons. The first-order valence-electron chi connectivity index (χ1n) is 8.78. The van der Waals surface area contributed by atoms with E-state index in [9.17, 15) is 19.3 Å². The molecule has 8 nitrogen and oxygen atoms in total. The van der Waals surface area contributed by atoms with Gasteiger partial charge in [0.1, 0.15) is 17.4 Å². The monoisotopic (exact) mass is 384 g/mol. The van der Waals surface area contributed by atoms with Crippen molar-refractivity contribution in [2.45, 2.75) is 18.9 Å². The normalized spacial score (nSPS) is 16.4. The van der Waals surface area contributed by atoms with Crippen molar-refractivity contribution >= 4 is 16.6 Å². The van der Waals surface area contributed by atoms with E-state index in [1.807, 2.05) is 0 Å². The first kappa shape index (κ1) is 18.1. The van der Waals surface area contributed by atoms with Crippen LogP contribution in [0.5, 0.6) is 5.75 Å². The molecule has 1 N–H and O–H groups in total. The van der Waals surface area contributed by atoms with E-state index in [0.29, 0.717) is 17.0 Å². The standard InChI is InChI=1S/C19H17FN4O4/c1-28-17-9-11(20)4-7-16(17)23-18(15-3-2-8-21-15)22-14-6-5-12(24(26)27)10-13(14)19(23)25/h4-7,9-10,15,21H,2-3,8H2,1H3. The minimum absolute atomic E-state index is 0.113. The number of hydrogen-bond acceptors (Lipinski definition) is 6. The molecular weight excluding hydrogens is 367 g/mol. The van der Waals surface area contributed by atoms with Gasteiger partial charge >= 0.3 is 0 Å². The zero-order valence-corrected chi connectivity index (χ0v) is 15.0. The summed E-state index contributed by atoms with van der Waals surface area (Å²) in [6.45, 7) is 0.791.